The third-order valence-corrected chi connectivity index (χ3v) is 3.86. The molecule has 0 aliphatic rings. The predicted octanol–water partition coefficient (Wildman–Crippen LogP) is 4.32. The minimum Gasteiger partial charge on any atom is -0.508 e. The molecule has 2 N–H and O–H groups in total. The number of pyridine rings is 1. The zero-order valence-electron chi connectivity index (χ0n) is 13.6. The standard InChI is InChI=1S/C20H18N2O2/c1-13-5-4-10-21-19(13)15-8-9-18(14(2)11-15)20(24)22-16-6-3-7-17(23)12-16/h3-12,23H,1-2H3,(H,22,24). The second-order valence-electron chi connectivity index (χ2n) is 5.70. The number of aromatic nitrogens is 1. The van der Waals surface area contributed by atoms with Crippen molar-refractivity contribution in [1.29, 1.82) is 0 Å². The average molecular weight is 318 g/mol. The molecule has 0 atom stereocenters. The molecule has 0 radical (unpaired) electrons. The zero-order valence-corrected chi connectivity index (χ0v) is 13.6. The SMILES string of the molecule is Cc1cc(-c2ncccc2C)ccc1C(=O)Nc1cccc(O)c1. The molecule has 1 aromatic heterocycles. The Bertz CT molecular complexity index is 904. The monoisotopic (exact) mass is 318 g/mol. The third kappa shape index (κ3) is 3.27. The minimum atomic E-state index is -0.206. The number of nitrogens with one attached hydrogen (secondary N) is 1. The first-order valence-electron chi connectivity index (χ1n) is 7.67. The van der Waals surface area contributed by atoms with E-state index < -0.39 is 0 Å². The molecular formula is C20H18N2O2. The molecule has 4 nitrogen and oxygen atoms in total. The van der Waals surface area contributed by atoms with E-state index in [1.807, 2.05) is 38.1 Å². The number of hydrogen-bond acceptors (Lipinski definition) is 3. The number of benzene rings is 2. The van der Waals surface area contributed by atoms with E-state index in [9.17, 15) is 9.90 Å². The van der Waals surface area contributed by atoms with E-state index in [2.05, 4.69) is 10.3 Å². The number of carbonyl (C=O) groups excluding carboxylic acids is 1. The van der Waals surface area contributed by atoms with E-state index in [4.69, 9.17) is 0 Å². The van der Waals surface area contributed by atoms with E-state index in [1.165, 1.54) is 6.07 Å². The molecule has 0 saturated heterocycles. The van der Waals surface area contributed by atoms with Crippen molar-refractivity contribution in [2.75, 3.05) is 5.32 Å². The van der Waals surface area contributed by atoms with Crippen molar-refractivity contribution in [3.8, 4) is 17.0 Å². The van der Waals surface area contributed by atoms with Crippen LogP contribution < -0.4 is 5.32 Å². The second kappa shape index (κ2) is 6.54. The second-order valence-corrected chi connectivity index (χ2v) is 5.70. The van der Waals surface area contributed by atoms with Gasteiger partial charge >= 0.3 is 0 Å². The van der Waals surface area contributed by atoms with Gasteiger partial charge in [0.15, 0.2) is 0 Å². The molecule has 0 aliphatic carbocycles. The van der Waals surface area contributed by atoms with Crippen molar-refractivity contribution >= 4 is 11.6 Å². The lowest BCUT2D eigenvalue weighted by Gasteiger charge is -2.11. The molecule has 1 amide bonds. The Morgan fingerprint density at radius 2 is 1.83 bits per heavy atom. The quantitative estimate of drug-likeness (QED) is 0.756. The number of phenolic OH excluding ortho intramolecular Hbond substituents is 1. The molecule has 2 aromatic carbocycles. The molecule has 3 rings (SSSR count). The molecule has 0 fully saturated rings. The molecule has 3 aromatic rings. The maximum Gasteiger partial charge on any atom is 0.255 e. The van der Waals surface area contributed by atoms with Crippen LogP contribution in [0.3, 0.4) is 0 Å². The van der Waals surface area contributed by atoms with E-state index in [1.54, 1.807) is 30.5 Å². The first-order chi connectivity index (χ1) is 11.5. The Morgan fingerprint density at radius 3 is 2.54 bits per heavy atom. The number of anilines is 1. The molecule has 4 heteroatoms. The van der Waals surface area contributed by atoms with E-state index in [0.29, 0.717) is 11.3 Å². The number of aromatic hydroxyl groups is 1. The Morgan fingerprint density at radius 1 is 1.00 bits per heavy atom. The highest BCUT2D eigenvalue weighted by atomic mass is 16.3. The summed E-state index contributed by atoms with van der Waals surface area (Å²) in [5, 5.41) is 12.3. The number of phenols is 1. The van der Waals surface area contributed by atoms with Gasteiger partial charge in [0.25, 0.3) is 5.91 Å². The number of amides is 1. The summed E-state index contributed by atoms with van der Waals surface area (Å²) in [5.41, 5.74) is 5.02. The number of rotatable bonds is 3. The fourth-order valence-electron chi connectivity index (χ4n) is 2.64. The van der Waals surface area contributed by atoms with Crippen LogP contribution >= 0.6 is 0 Å². The number of nitrogens with zero attached hydrogens (tertiary/aromatic N) is 1. The van der Waals surface area contributed by atoms with Crippen molar-refractivity contribution in [3.05, 3.63) is 77.5 Å². The summed E-state index contributed by atoms with van der Waals surface area (Å²) in [6.45, 7) is 3.92. The van der Waals surface area contributed by atoms with Gasteiger partial charge in [-0.3, -0.25) is 9.78 Å². The minimum absolute atomic E-state index is 0.116. The fraction of sp³-hybridized carbons (Fsp3) is 0.100. The maximum absolute atomic E-state index is 12.5. The summed E-state index contributed by atoms with van der Waals surface area (Å²) >= 11 is 0. The zero-order chi connectivity index (χ0) is 17.1. The van der Waals surface area contributed by atoms with Crippen molar-refractivity contribution in [2.24, 2.45) is 0 Å². The first kappa shape index (κ1) is 15.7. The van der Waals surface area contributed by atoms with Crippen molar-refractivity contribution in [1.82, 2.24) is 4.98 Å². The largest absolute Gasteiger partial charge is 0.508 e. The number of carbonyl (C=O) groups is 1. The highest BCUT2D eigenvalue weighted by molar-refractivity contribution is 6.05. The van der Waals surface area contributed by atoms with Gasteiger partial charge < -0.3 is 10.4 Å². The maximum atomic E-state index is 12.5. The molecule has 0 unspecified atom stereocenters. The van der Waals surface area contributed by atoms with Crippen LogP contribution in [0.25, 0.3) is 11.3 Å². The van der Waals surface area contributed by atoms with Gasteiger partial charge in [0.1, 0.15) is 5.75 Å². The molecule has 0 spiro atoms. The van der Waals surface area contributed by atoms with Gasteiger partial charge in [0.05, 0.1) is 5.69 Å². The Labute approximate surface area is 140 Å². The Kier molecular flexibility index (Phi) is 4.29. The fourth-order valence-corrected chi connectivity index (χ4v) is 2.64. The summed E-state index contributed by atoms with van der Waals surface area (Å²) < 4.78 is 0. The highest BCUT2D eigenvalue weighted by Crippen LogP contribution is 2.24. The van der Waals surface area contributed by atoms with Gasteiger partial charge in [-0.25, -0.2) is 0 Å². The smallest absolute Gasteiger partial charge is 0.255 e. The van der Waals surface area contributed by atoms with Crippen LogP contribution in [-0.2, 0) is 0 Å². The van der Waals surface area contributed by atoms with E-state index >= 15 is 0 Å². The van der Waals surface area contributed by atoms with Gasteiger partial charge in [-0.15, -0.1) is 0 Å². The Hall–Kier alpha value is -3.14. The highest BCUT2D eigenvalue weighted by Gasteiger charge is 2.12. The van der Waals surface area contributed by atoms with Crippen molar-refractivity contribution < 1.29 is 9.90 Å². The van der Waals surface area contributed by atoms with Gasteiger partial charge in [-0.1, -0.05) is 18.2 Å². The Balaban J connectivity index is 1.87. The van der Waals surface area contributed by atoms with Crippen LogP contribution in [0.2, 0.25) is 0 Å². The predicted molar refractivity (Wildman–Crippen MR) is 95.2 cm³/mol. The van der Waals surface area contributed by atoms with Gasteiger partial charge in [-0.2, -0.15) is 0 Å². The van der Waals surface area contributed by atoms with Gasteiger partial charge in [-0.05, 0) is 55.3 Å². The van der Waals surface area contributed by atoms with Gasteiger partial charge in [0, 0.05) is 29.1 Å². The summed E-state index contributed by atoms with van der Waals surface area (Å²) in [6, 6.07) is 16.1. The van der Waals surface area contributed by atoms with Crippen LogP contribution in [-0.4, -0.2) is 16.0 Å². The van der Waals surface area contributed by atoms with Crippen molar-refractivity contribution in [2.45, 2.75) is 13.8 Å². The van der Waals surface area contributed by atoms with Crippen LogP contribution in [0.4, 0.5) is 5.69 Å². The summed E-state index contributed by atoms with van der Waals surface area (Å²) in [5.74, 6) is -0.0899. The van der Waals surface area contributed by atoms with Crippen LogP contribution in [0.15, 0.2) is 60.8 Å². The van der Waals surface area contributed by atoms with Crippen molar-refractivity contribution in [3.63, 3.8) is 0 Å². The molecule has 0 aliphatic heterocycles. The molecule has 120 valence electrons. The normalized spacial score (nSPS) is 10.4. The van der Waals surface area contributed by atoms with Crippen LogP contribution in [0, 0.1) is 13.8 Å². The summed E-state index contributed by atoms with van der Waals surface area (Å²) in [6.07, 6.45) is 1.76. The van der Waals surface area contributed by atoms with E-state index in [-0.39, 0.29) is 11.7 Å². The number of hydrogen-bond donors (Lipinski definition) is 2. The third-order valence-electron chi connectivity index (χ3n) is 3.86. The lowest BCUT2D eigenvalue weighted by Crippen LogP contribution is -2.13. The van der Waals surface area contributed by atoms with Crippen LogP contribution in [0.1, 0.15) is 21.5 Å². The summed E-state index contributed by atoms with van der Waals surface area (Å²) in [7, 11) is 0. The first-order valence-corrected chi connectivity index (χ1v) is 7.67. The lowest BCUT2D eigenvalue weighted by molar-refractivity contribution is 0.102. The summed E-state index contributed by atoms with van der Waals surface area (Å²) in [4.78, 5) is 16.9. The van der Waals surface area contributed by atoms with E-state index in [0.717, 1.165) is 22.4 Å². The molecule has 24 heavy (non-hydrogen) atoms. The molecule has 0 bridgehead atoms. The molecule has 1 heterocycles. The lowest BCUT2D eigenvalue weighted by atomic mass is 10.0. The topological polar surface area (TPSA) is 62.2 Å². The molecular weight excluding hydrogens is 300 g/mol. The van der Waals surface area contributed by atoms with Gasteiger partial charge in [0.2, 0.25) is 0 Å². The average Bonchev–Trinajstić information content (AvgIpc) is 2.55. The molecule has 0 saturated carbocycles. The van der Waals surface area contributed by atoms with Crippen LogP contribution in [0.5, 0.6) is 5.75 Å². The number of aryl methyl sites for hydroxylation is 2.